The number of benzene rings is 1. The Labute approximate surface area is 152 Å². The molecule has 0 spiro atoms. The van der Waals surface area contributed by atoms with Gasteiger partial charge in [-0.05, 0) is 17.7 Å². The molecule has 136 valence electrons. The lowest BCUT2D eigenvalue weighted by molar-refractivity contribution is 0.0956. The minimum atomic E-state index is -0.403. The number of ether oxygens (including phenoxy) is 2. The molecule has 1 fully saturated rings. The van der Waals surface area contributed by atoms with Gasteiger partial charge in [0.25, 0.3) is 5.88 Å². The van der Waals surface area contributed by atoms with Gasteiger partial charge in [0, 0.05) is 32.0 Å². The summed E-state index contributed by atoms with van der Waals surface area (Å²) in [5, 5.41) is 10.4. The zero-order valence-corrected chi connectivity index (χ0v) is 14.5. The Balaban J connectivity index is 1.35. The summed E-state index contributed by atoms with van der Waals surface area (Å²) in [5.41, 5.74) is 1.54. The third-order valence-corrected chi connectivity index (χ3v) is 4.94. The van der Waals surface area contributed by atoms with Gasteiger partial charge in [0.15, 0.2) is 11.5 Å². The van der Waals surface area contributed by atoms with Crippen LogP contribution in [0.5, 0.6) is 11.6 Å². The molecule has 26 heavy (non-hydrogen) atoms. The van der Waals surface area contributed by atoms with Crippen LogP contribution >= 0.6 is 0 Å². The maximum atomic E-state index is 12.5. The highest BCUT2D eigenvalue weighted by Crippen LogP contribution is 2.29. The van der Waals surface area contributed by atoms with Gasteiger partial charge in [0.2, 0.25) is 0 Å². The van der Waals surface area contributed by atoms with Gasteiger partial charge in [-0.1, -0.05) is 30.3 Å². The van der Waals surface area contributed by atoms with Crippen LogP contribution in [0.1, 0.15) is 28.4 Å². The van der Waals surface area contributed by atoms with Crippen molar-refractivity contribution in [3.8, 4) is 11.6 Å². The quantitative estimate of drug-likeness (QED) is 0.827. The van der Waals surface area contributed by atoms with Gasteiger partial charge in [-0.3, -0.25) is 9.69 Å². The third kappa shape index (κ3) is 3.57. The Morgan fingerprint density at radius 3 is 2.77 bits per heavy atom. The van der Waals surface area contributed by atoms with Crippen molar-refractivity contribution in [2.24, 2.45) is 0 Å². The van der Waals surface area contributed by atoms with E-state index < -0.39 is 6.10 Å². The van der Waals surface area contributed by atoms with Gasteiger partial charge in [-0.25, -0.2) is 4.98 Å². The Morgan fingerprint density at radius 2 is 1.92 bits per heavy atom. The van der Waals surface area contributed by atoms with E-state index in [1.165, 1.54) is 0 Å². The molecule has 0 amide bonds. The Morgan fingerprint density at radius 1 is 1.12 bits per heavy atom. The summed E-state index contributed by atoms with van der Waals surface area (Å²) in [6.45, 7) is 2.90. The molecule has 0 aliphatic carbocycles. The van der Waals surface area contributed by atoms with Crippen molar-refractivity contribution in [2.45, 2.75) is 18.4 Å². The molecule has 6 nitrogen and oxygen atoms in total. The predicted molar refractivity (Wildman–Crippen MR) is 95.8 cm³/mol. The first-order valence-electron chi connectivity index (χ1n) is 8.96. The number of pyridine rings is 1. The highest BCUT2D eigenvalue weighted by atomic mass is 16.6. The average molecular weight is 354 g/mol. The van der Waals surface area contributed by atoms with E-state index in [1.54, 1.807) is 12.1 Å². The van der Waals surface area contributed by atoms with E-state index in [2.05, 4.69) is 9.88 Å². The van der Waals surface area contributed by atoms with E-state index >= 15 is 0 Å². The lowest BCUT2D eigenvalue weighted by Gasteiger charge is -2.18. The van der Waals surface area contributed by atoms with Crippen molar-refractivity contribution in [1.82, 2.24) is 9.88 Å². The molecule has 0 bridgehead atoms. The molecule has 2 atom stereocenters. The molecule has 1 aromatic carbocycles. The Hall–Kier alpha value is -2.44. The van der Waals surface area contributed by atoms with Crippen LogP contribution in [0.2, 0.25) is 0 Å². The molecule has 0 saturated carbocycles. The van der Waals surface area contributed by atoms with Crippen LogP contribution in [0.4, 0.5) is 0 Å². The van der Waals surface area contributed by atoms with Crippen LogP contribution in [0.15, 0.2) is 42.5 Å². The Bertz CT molecular complexity index is 781. The summed E-state index contributed by atoms with van der Waals surface area (Å²) in [7, 11) is 0. The monoisotopic (exact) mass is 354 g/mol. The van der Waals surface area contributed by atoms with E-state index in [4.69, 9.17) is 9.47 Å². The van der Waals surface area contributed by atoms with E-state index in [1.807, 2.05) is 30.3 Å². The summed E-state index contributed by atoms with van der Waals surface area (Å²) in [6, 6.07) is 13.5. The number of β-amino-alcohol motifs (C(OH)–C–C–N with tert-alkyl or cyclic N) is 1. The zero-order chi connectivity index (χ0) is 17.9. The van der Waals surface area contributed by atoms with Gasteiger partial charge < -0.3 is 14.6 Å². The van der Waals surface area contributed by atoms with Crippen molar-refractivity contribution in [3.05, 3.63) is 53.7 Å². The number of carbonyl (C=O) groups excluding carboxylic acids is 1. The number of fused-ring (bicyclic) bond motifs is 1. The number of Topliss-reactive ketones (excluding diaryl/α,β-unsaturated/α-hetero) is 1. The molecule has 2 aliphatic rings. The van der Waals surface area contributed by atoms with Crippen molar-refractivity contribution in [1.29, 1.82) is 0 Å². The van der Waals surface area contributed by atoms with Crippen molar-refractivity contribution in [2.75, 3.05) is 32.8 Å². The van der Waals surface area contributed by atoms with Gasteiger partial charge in [0.1, 0.15) is 18.9 Å². The highest BCUT2D eigenvalue weighted by Gasteiger charge is 2.32. The maximum absolute atomic E-state index is 12.5. The van der Waals surface area contributed by atoms with E-state index in [-0.39, 0.29) is 11.7 Å². The van der Waals surface area contributed by atoms with Crippen molar-refractivity contribution >= 4 is 5.78 Å². The molecule has 0 radical (unpaired) electrons. The summed E-state index contributed by atoms with van der Waals surface area (Å²) >= 11 is 0. The molecule has 6 heteroatoms. The van der Waals surface area contributed by atoms with Crippen LogP contribution in [0.3, 0.4) is 0 Å². The second-order valence-corrected chi connectivity index (χ2v) is 6.71. The molecule has 2 unspecified atom stereocenters. The van der Waals surface area contributed by atoms with Crippen LogP contribution in [-0.4, -0.2) is 59.7 Å². The SMILES string of the molecule is O=C(CCN1CC(O)C(c2ccccc2)C1)c1ccc2c(n1)OCCO2. The summed E-state index contributed by atoms with van der Waals surface area (Å²) in [4.78, 5) is 18.9. The number of aromatic nitrogens is 1. The molecule has 2 aromatic rings. The van der Waals surface area contributed by atoms with E-state index in [0.29, 0.717) is 50.0 Å². The van der Waals surface area contributed by atoms with Crippen LogP contribution in [0.25, 0.3) is 0 Å². The zero-order valence-electron chi connectivity index (χ0n) is 14.5. The molecule has 1 saturated heterocycles. The number of aliphatic hydroxyl groups excluding tert-OH is 1. The minimum absolute atomic E-state index is 0.0281. The molecule has 2 aliphatic heterocycles. The van der Waals surface area contributed by atoms with Crippen LogP contribution in [-0.2, 0) is 0 Å². The van der Waals surface area contributed by atoms with Crippen LogP contribution in [0, 0.1) is 0 Å². The average Bonchev–Trinajstić information content (AvgIpc) is 3.07. The minimum Gasteiger partial charge on any atom is -0.484 e. The molecular formula is C20H22N2O4. The summed E-state index contributed by atoms with van der Waals surface area (Å²) in [5.74, 6) is 1.04. The standard InChI is InChI=1S/C20H22N2O4/c23-17(16-6-7-19-20(21-16)26-11-10-25-19)8-9-22-12-15(18(24)13-22)14-4-2-1-3-5-14/h1-7,15,18,24H,8-13H2. The van der Waals surface area contributed by atoms with Crippen molar-refractivity contribution < 1.29 is 19.4 Å². The van der Waals surface area contributed by atoms with E-state index in [0.717, 1.165) is 12.1 Å². The van der Waals surface area contributed by atoms with Crippen LogP contribution < -0.4 is 9.47 Å². The highest BCUT2D eigenvalue weighted by molar-refractivity contribution is 5.94. The second kappa shape index (κ2) is 7.43. The first-order chi connectivity index (χ1) is 12.7. The fourth-order valence-corrected chi connectivity index (χ4v) is 3.55. The summed E-state index contributed by atoms with van der Waals surface area (Å²) < 4.78 is 10.9. The number of carbonyl (C=O) groups is 1. The lowest BCUT2D eigenvalue weighted by atomic mass is 9.96. The second-order valence-electron chi connectivity index (χ2n) is 6.71. The number of likely N-dealkylation sites (tertiary alicyclic amines) is 1. The van der Waals surface area contributed by atoms with Gasteiger partial charge >= 0.3 is 0 Å². The topological polar surface area (TPSA) is 71.9 Å². The number of rotatable bonds is 5. The smallest absolute Gasteiger partial charge is 0.257 e. The Kier molecular flexibility index (Phi) is 4.86. The molecule has 1 N–H and O–H groups in total. The number of aliphatic hydroxyl groups is 1. The first kappa shape index (κ1) is 17.0. The number of ketones is 1. The lowest BCUT2D eigenvalue weighted by Crippen LogP contribution is -2.25. The molecule has 1 aromatic heterocycles. The summed E-state index contributed by atoms with van der Waals surface area (Å²) in [6.07, 6.45) is -0.0409. The molecule has 4 rings (SSSR count). The molecule has 3 heterocycles. The van der Waals surface area contributed by atoms with Crippen molar-refractivity contribution in [3.63, 3.8) is 0 Å². The first-order valence-corrected chi connectivity index (χ1v) is 8.96. The van der Waals surface area contributed by atoms with Gasteiger partial charge in [-0.15, -0.1) is 0 Å². The predicted octanol–water partition coefficient (Wildman–Crippen LogP) is 1.89. The fourth-order valence-electron chi connectivity index (χ4n) is 3.55. The fraction of sp³-hybridized carbons (Fsp3) is 0.400. The maximum Gasteiger partial charge on any atom is 0.257 e. The van der Waals surface area contributed by atoms with E-state index in [9.17, 15) is 9.90 Å². The third-order valence-electron chi connectivity index (χ3n) is 4.94. The number of nitrogens with zero attached hydrogens (tertiary/aromatic N) is 2. The van der Waals surface area contributed by atoms with Gasteiger partial charge in [-0.2, -0.15) is 0 Å². The largest absolute Gasteiger partial charge is 0.484 e. The number of hydrogen-bond acceptors (Lipinski definition) is 6. The normalized spacial score (nSPS) is 22.3. The number of hydrogen-bond donors (Lipinski definition) is 1. The van der Waals surface area contributed by atoms with Gasteiger partial charge in [0.05, 0.1) is 6.10 Å². The molecular weight excluding hydrogens is 332 g/mol.